The highest BCUT2D eigenvalue weighted by Crippen LogP contribution is 2.20. The Kier molecular flexibility index (Phi) is 8.49. The second-order valence-corrected chi connectivity index (χ2v) is 9.47. The van der Waals surface area contributed by atoms with Crippen LogP contribution in [0.2, 0.25) is 5.02 Å². The molecule has 8 nitrogen and oxygen atoms in total. The molecular formula is C22H26ClN3O5S. The van der Waals surface area contributed by atoms with Crippen LogP contribution in [0.3, 0.4) is 0 Å². The van der Waals surface area contributed by atoms with Gasteiger partial charge < -0.3 is 15.0 Å². The summed E-state index contributed by atoms with van der Waals surface area (Å²) in [5, 5.41) is 2.76. The maximum absolute atomic E-state index is 12.6. The molecule has 0 atom stereocenters. The number of likely N-dealkylation sites (tertiary alicyclic amines) is 1. The number of benzene rings is 2. The fraction of sp³-hybridized carbons (Fsp3) is 0.364. The molecule has 0 bridgehead atoms. The average molecular weight is 480 g/mol. The molecule has 2 aromatic carbocycles. The van der Waals surface area contributed by atoms with Crippen molar-refractivity contribution < 1.29 is 22.7 Å². The van der Waals surface area contributed by atoms with E-state index in [4.69, 9.17) is 16.3 Å². The van der Waals surface area contributed by atoms with Crippen LogP contribution in [0.5, 0.6) is 5.75 Å². The van der Waals surface area contributed by atoms with Gasteiger partial charge >= 0.3 is 0 Å². The maximum atomic E-state index is 12.6. The predicted octanol–water partition coefficient (Wildman–Crippen LogP) is 2.44. The summed E-state index contributed by atoms with van der Waals surface area (Å²) in [5.74, 6) is 0.0983. The minimum atomic E-state index is -3.86. The number of carbonyl (C=O) groups excluding carboxylic acids is 2. The highest BCUT2D eigenvalue weighted by atomic mass is 35.5. The standard InChI is InChI=1S/C22H26ClN3O5S/c23-20-9-8-18(32(29,30)25-12-15-31-17-6-2-1-3-7-17)16-19(20)22(28)24-11-10-21(27)26-13-4-5-14-26/h1-3,6-9,16,25H,4-5,10-15H2,(H,24,28). The lowest BCUT2D eigenvalue weighted by Gasteiger charge is -2.15. The Morgan fingerprint density at radius 3 is 2.47 bits per heavy atom. The van der Waals surface area contributed by atoms with E-state index in [1.165, 1.54) is 18.2 Å². The van der Waals surface area contributed by atoms with Crippen LogP contribution >= 0.6 is 11.6 Å². The number of hydrogen-bond acceptors (Lipinski definition) is 5. The number of carbonyl (C=O) groups is 2. The molecule has 0 unspecified atom stereocenters. The van der Waals surface area contributed by atoms with Crippen LogP contribution < -0.4 is 14.8 Å². The zero-order chi connectivity index (χ0) is 23.0. The lowest BCUT2D eigenvalue weighted by atomic mass is 10.2. The van der Waals surface area contributed by atoms with E-state index in [1.54, 1.807) is 17.0 Å². The molecule has 3 rings (SSSR count). The van der Waals surface area contributed by atoms with Gasteiger partial charge in [-0.05, 0) is 43.2 Å². The molecule has 1 saturated heterocycles. The van der Waals surface area contributed by atoms with Crippen molar-refractivity contribution >= 4 is 33.4 Å². The fourth-order valence-corrected chi connectivity index (χ4v) is 4.54. The number of hydrogen-bond donors (Lipinski definition) is 2. The van der Waals surface area contributed by atoms with Gasteiger partial charge in [-0.2, -0.15) is 0 Å². The van der Waals surface area contributed by atoms with Crippen LogP contribution in [-0.4, -0.2) is 57.9 Å². The van der Waals surface area contributed by atoms with Crippen LogP contribution in [0.1, 0.15) is 29.6 Å². The van der Waals surface area contributed by atoms with Gasteiger partial charge in [-0.1, -0.05) is 29.8 Å². The van der Waals surface area contributed by atoms with E-state index in [9.17, 15) is 18.0 Å². The largest absolute Gasteiger partial charge is 0.492 e. The summed E-state index contributed by atoms with van der Waals surface area (Å²) in [6.07, 6.45) is 2.19. The van der Waals surface area contributed by atoms with Crippen molar-refractivity contribution in [3.05, 3.63) is 59.1 Å². The summed E-state index contributed by atoms with van der Waals surface area (Å²) in [6, 6.07) is 13.0. The van der Waals surface area contributed by atoms with Gasteiger partial charge in [0.15, 0.2) is 0 Å². The van der Waals surface area contributed by atoms with Crippen LogP contribution in [0.4, 0.5) is 0 Å². The Bertz CT molecular complexity index is 1040. The first-order valence-corrected chi connectivity index (χ1v) is 12.3. The Morgan fingerprint density at radius 1 is 1.03 bits per heavy atom. The molecule has 1 aliphatic heterocycles. The molecule has 2 amide bonds. The van der Waals surface area contributed by atoms with Crippen LogP contribution in [-0.2, 0) is 14.8 Å². The van der Waals surface area contributed by atoms with Crippen molar-refractivity contribution in [2.45, 2.75) is 24.2 Å². The minimum Gasteiger partial charge on any atom is -0.492 e. The molecule has 2 aromatic rings. The highest BCUT2D eigenvalue weighted by molar-refractivity contribution is 7.89. The fourth-order valence-electron chi connectivity index (χ4n) is 3.29. The molecule has 1 heterocycles. The zero-order valence-corrected chi connectivity index (χ0v) is 19.1. The lowest BCUT2D eigenvalue weighted by molar-refractivity contribution is -0.129. The molecule has 2 N–H and O–H groups in total. The molecule has 10 heteroatoms. The normalized spacial score (nSPS) is 13.7. The van der Waals surface area contributed by atoms with Gasteiger partial charge in [0.2, 0.25) is 15.9 Å². The van der Waals surface area contributed by atoms with E-state index >= 15 is 0 Å². The third-order valence-electron chi connectivity index (χ3n) is 4.98. The predicted molar refractivity (Wildman–Crippen MR) is 121 cm³/mol. The Balaban J connectivity index is 1.53. The first kappa shape index (κ1) is 24.0. The van der Waals surface area contributed by atoms with Crippen molar-refractivity contribution in [2.75, 3.05) is 32.8 Å². The summed E-state index contributed by atoms with van der Waals surface area (Å²) >= 11 is 6.11. The number of rotatable bonds is 10. The number of amides is 2. The molecule has 0 saturated carbocycles. The molecule has 0 aliphatic carbocycles. The van der Waals surface area contributed by atoms with E-state index in [2.05, 4.69) is 10.0 Å². The number of nitrogens with one attached hydrogen (secondary N) is 2. The van der Waals surface area contributed by atoms with Crippen molar-refractivity contribution in [2.24, 2.45) is 0 Å². The Morgan fingerprint density at radius 2 is 1.75 bits per heavy atom. The maximum Gasteiger partial charge on any atom is 0.252 e. The zero-order valence-electron chi connectivity index (χ0n) is 17.6. The highest BCUT2D eigenvalue weighted by Gasteiger charge is 2.20. The lowest BCUT2D eigenvalue weighted by Crippen LogP contribution is -2.33. The number of nitrogens with zero attached hydrogens (tertiary/aromatic N) is 1. The molecule has 0 radical (unpaired) electrons. The number of halogens is 1. The first-order chi connectivity index (χ1) is 15.4. The molecule has 172 valence electrons. The average Bonchev–Trinajstić information content (AvgIpc) is 3.32. The van der Waals surface area contributed by atoms with Crippen molar-refractivity contribution in [1.29, 1.82) is 0 Å². The minimum absolute atomic E-state index is 0.00727. The molecule has 32 heavy (non-hydrogen) atoms. The second-order valence-electron chi connectivity index (χ2n) is 7.29. The van der Waals surface area contributed by atoms with Crippen molar-refractivity contribution in [3.63, 3.8) is 0 Å². The third kappa shape index (κ3) is 6.69. The first-order valence-electron chi connectivity index (χ1n) is 10.4. The van der Waals surface area contributed by atoms with Gasteiger partial charge in [0.25, 0.3) is 5.91 Å². The van der Waals surface area contributed by atoms with Crippen LogP contribution in [0, 0.1) is 0 Å². The Hall–Kier alpha value is -2.62. The second kappa shape index (κ2) is 11.3. The van der Waals surface area contributed by atoms with E-state index in [-0.39, 0.29) is 47.5 Å². The number of sulfonamides is 1. The molecular weight excluding hydrogens is 454 g/mol. The van der Waals surface area contributed by atoms with E-state index < -0.39 is 15.9 Å². The van der Waals surface area contributed by atoms with Crippen molar-refractivity contribution in [3.8, 4) is 5.75 Å². The van der Waals surface area contributed by atoms with Gasteiger partial charge in [0, 0.05) is 32.6 Å². The smallest absolute Gasteiger partial charge is 0.252 e. The Labute approximate surface area is 192 Å². The summed E-state index contributed by atoms with van der Waals surface area (Å²) in [4.78, 5) is 26.3. The van der Waals surface area contributed by atoms with E-state index in [0.29, 0.717) is 5.75 Å². The van der Waals surface area contributed by atoms with Gasteiger partial charge in [-0.15, -0.1) is 0 Å². The van der Waals surface area contributed by atoms with Crippen molar-refractivity contribution in [1.82, 2.24) is 14.9 Å². The molecule has 0 aromatic heterocycles. The van der Waals surface area contributed by atoms with Crippen LogP contribution in [0.25, 0.3) is 0 Å². The molecule has 0 spiro atoms. The summed E-state index contributed by atoms with van der Waals surface area (Å²) in [6.45, 7) is 1.86. The summed E-state index contributed by atoms with van der Waals surface area (Å²) < 4.78 is 33.1. The quantitative estimate of drug-likeness (QED) is 0.509. The van der Waals surface area contributed by atoms with Gasteiger partial charge in [0.05, 0.1) is 15.5 Å². The van der Waals surface area contributed by atoms with E-state index in [0.717, 1.165) is 25.9 Å². The van der Waals surface area contributed by atoms with Gasteiger partial charge in [-0.3, -0.25) is 9.59 Å². The van der Waals surface area contributed by atoms with Gasteiger partial charge in [0.1, 0.15) is 12.4 Å². The van der Waals surface area contributed by atoms with Crippen LogP contribution in [0.15, 0.2) is 53.4 Å². The third-order valence-corrected chi connectivity index (χ3v) is 6.77. The van der Waals surface area contributed by atoms with E-state index in [1.807, 2.05) is 18.2 Å². The number of ether oxygens (including phenoxy) is 1. The molecule has 1 aliphatic rings. The molecule has 1 fully saturated rings. The number of para-hydroxylation sites is 1. The SMILES string of the molecule is O=C(NCCC(=O)N1CCCC1)c1cc(S(=O)(=O)NCCOc2ccccc2)ccc1Cl. The summed E-state index contributed by atoms with van der Waals surface area (Å²) in [7, 11) is -3.86. The summed E-state index contributed by atoms with van der Waals surface area (Å²) in [5.41, 5.74) is 0.0312. The monoisotopic (exact) mass is 479 g/mol. The van der Waals surface area contributed by atoms with Gasteiger partial charge in [-0.25, -0.2) is 13.1 Å². The topological polar surface area (TPSA) is 105 Å².